The fourth-order valence-electron chi connectivity index (χ4n) is 1.04. The van der Waals surface area contributed by atoms with Crippen LogP contribution in [0.3, 0.4) is 0 Å². The highest BCUT2D eigenvalue weighted by Gasteiger charge is 2.09. The standard InChI is InChI=1S/C11H15NOS2/c1-3-6-12-11(13)8-15-9(2)10-5-4-7-14-10/h3-5,7,9H,1,6,8H2,2H3,(H,12,13). The second-order valence-electron chi connectivity index (χ2n) is 3.06. The van der Waals surface area contributed by atoms with Crippen molar-refractivity contribution < 1.29 is 4.79 Å². The van der Waals surface area contributed by atoms with Crippen molar-refractivity contribution in [2.45, 2.75) is 12.2 Å². The monoisotopic (exact) mass is 241 g/mol. The first-order chi connectivity index (χ1) is 7.24. The SMILES string of the molecule is C=CCNC(=O)CSC(C)c1cccs1. The average molecular weight is 241 g/mol. The Hall–Kier alpha value is -0.740. The lowest BCUT2D eigenvalue weighted by atomic mass is 10.4. The summed E-state index contributed by atoms with van der Waals surface area (Å²) in [7, 11) is 0. The van der Waals surface area contributed by atoms with Crippen LogP contribution in [-0.4, -0.2) is 18.2 Å². The van der Waals surface area contributed by atoms with E-state index in [1.807, 2.05) is 6.07 Å². The normalized spacial score (nSPS) is 12.1. The summed E-state index contributed by atoms with van der Waals surface area (Å²) in [6.07, 6.45) is 1.69. The van der Waals surface area contributed by atoms with Gasteiger partial charge in [-0.2, -0.15) is 0 Å². The number of thioether (sulfide) groups is 1. The first-order valence-electron chi connectivity index (χ1n) is 4.76. The molecule has 0 saturated heterocycles. The Morgan fingerprint density at radius 1 is 1.80 bits per heavy atom. The summed E-state index contributed by atoms with van der Waals surface area (Å²) in [6, 6.07) is 4.14. The zero-order valence-corrected chi connectivity index (χ0v) is 10.4. The molecule has 0 bridgehead atoms. The van der Waals surface area contributed by atoms with Gasteiger partial charge in [-0.1, -0.05) is 12.1 Å². The van der Waals surface area contributed by atoms with Gasteiger partial charge in [0.2, 0.25) is 5.91 Å². The fourth-order valence-corrected chi connectivity index (χ4v) is 2.82. The van der Waals surface area contributed by atoms with Crippen molar-refractivity contribution in [3.8, 4) is 0 Å². The number of thiophene rings is 1. The highest BCUT2D eigenvalue weighted by Crippen LogP contribution is 2.30. The van der Waals surface area contributed by atoms with E-state index in [1.165, 1.54) is 4.88 Å². The van der Waals surface area contributed by atoms with Crippen molar-refractivity contribution in [2.75, 3.05) is 12.3 Å². The molecular formula is C11H15NOS2. The van der Waals surface area contributed by atoms with Gasteiger partial charge < -0.3 is 5.32 Å². The Labute approximate surface area is 98.8 Å². The summed E-state index contributed by atoms with van der Waals surface area (Å²) >= 11 is 3.39. The van der Waals surface area contributed by atoms with Crippen LogP contribution in [0, 0.1) is 0 Å². The molecule has 0 aromatic carbocycles. The van der Waals surface area contributed by atoms with Gasteiger partial charge >= 0.3 is 0 Å². The zero-order valence-electron chi connectivity index (χ0n) is 8.73. The minimum Gasteiger partial charge on any atom is -0.352 e. The van der Waals surface area contributed by atoms with E-state index in [9.17, 15) is 4.79 Å². The summed E-state index contributed by atoms with van der Waals surface area (Å²) in [5, 5.41) is 5.21. The highest BCUT2D eigenvalue weighted by molar-refractivity contribution is 8.00. The lowest BCUT2D eigenvalue weighted by molar-refractivity contribution is -0.118. The van der Waals surface area contributed by atoms with E-state index in [2.05, 4.69) is 30.3 Å². The summed E-state index contributed by atoms with van der Waals surface area (Å²) in [5.41, 5.74) is 0. The van der Waals surface area contributed by atoms with Crippen LogP contribution < -0.4 is 5.32 Å². The van der Waals surface area contributed by atoms with Crippen LogP contribution in [0.1, 0.15) is 17.1 Å². The van der Waals surface area contributed by atoms with Crippen LogP contribution in [0.4, 0.5) is 0 Å². The van der Waals surface area contributed by atoms with Gasteiger partial charge in [-0.3, -0.25) is 4.79 Å². The van der Waals surface area contributed by atoms with Crippen LogP contribution in [0.25, 0.3) is 0 Å². The van der Waals surface area contributed by atoms with Crippen LogP contribution >= 0.6 is 23.1 Å². The molecule has 0 radical (unpaired) electrons. The van der Waals surface area contributed by atoms with Crippen molar-refractivity contribution in [2.24, 2.45) is 0 Å². The quantitative estimate of drug-likeness (QED) is 0.776. The second-order valence-corrected chi connectivity index (χ2v) is 5.37. The van der Waals surface area contributed by atoms with E-state index in [0.717, 1.165) is 0 Å². The molecule has 0 aliphatic rings. The Bertz CT molecular complexity index is 308. The van der Waals surface area contributed by atoms with E-state index in [0.29, 0.717) is 17.5 Å². The van der Waals surface area contributed by atoms with Gasteiger partial charge in [0.1, 0.15) is 0 Å². The molecule has 1 rings (SSSR count). The third kappa shape index (κ3) is 4.53. The van der Waals surface area contributed by atoms with Gasteiger partial charge in [-0.15, -0.1) is 29.7 Å². The van der Waals surface area contributed by atoms with Crippen molar-refractivity contribution in [3.05, 3.63) is 35.0 Å². The first kappa shape index (κ1) is 12.3. The van der Waals surface area contributed by atoms with Gasteiger partial charge in [0.25, 0.3) is 0 Å². The van der Waals surface area contributed by atoms with Crippen LogP contribution in [0.2, 0.25) is 0 Å². The first-order valence-corrected chi connectivity index (χ1v) is 6.69. The van der Waals surface area contributed by atoms with E-state index >= 15 is 0 Å². The lowest BCUT2D eigenvalue weighted by Gasteiger charge is -2.08. The Morgan fingerprint density at radius 2 is 2.60 bits per heavy atom. The summed E-state index contributed by atoms with van der Waals surface area (Å²) in [5.74, 6) is 0.579. The van der Waals surface area contributed by atoms with E-state index in [-0.39, 0.29) is 5.91 Å². The maximum Gasteiger partial charge on any atom is 0.230 e. The third-order valence-electron chi connectivity index (χ3n) is 1.85. The molecule has 82 valence electrons. The van der Waals surface area contributed by atoms with Crippen molar-refractivity contribution in [3.63, 3.8) is 0 Å². The molecule has 1 heterocycles. The molecular weight excluding hydrogens is 226 g/mol. The van der Waals surface area contributed by atoms with Crippen molar-refractivity contribution >= 4 is 29.0 Å². The van der Waals surface area contributed by atoms with Gasteiger partial charge in [-0.05, 0) is 18.4 Å². The van der Waals surface area contributed by atoms with Crippen LogP contribution in [0.15, 0.2) is 30.2 Å². The van der Waals surface area contributed by atoms with Crippen molar-refractivity contribution in [1.29, 1.82) is 0 Å². The largest absolute Gasteiger partial charge is 0.352 e. The fraction of sp³-hybridized carbons (Fsp3) is 0.364. The predicted molar refractivity (Wildman–Crippen MR) is 68.4 cm³/mol. The molecule has 1 aromatic heterocycles. The summed E-state index contributed by atoms with van der Waals surface area (Å²) < 4.78 is 0. The average Bonchev–Trinajstić information content (AvgIpc) is 2.76. The number of rotatable bonds is 6. The molecule has 1 N–H and O–H groups in total. The molecule has 0 spiro atoms. The molecule has 1 atom stereocenters. The minimum atomic E-state index is 0.0725. The van der Waals surface area contributed by atoms with Gasteiger partial charge in [0.15, 0.2) is 0 Å². The van der Waals surface area contributed by atoms with E-state index < -0.39 is 0 Å². The van der Waals surface area contributed by atoms with Crippen LogP contribution in [-0.2, 0) is 4.79 Å². The highest BCUT2D eigenvalue weighted by atomic mass is 32.2. The molecule has 15 heavy (non-hydrogen) atoms. The lowest BCUT2D eigenvalue weighted by Crippen LogP contribution is -2.25. The van der Waals surface area contributed by atoms with Gasteiger partial charge in [0, 0.05) is 16.7 Å². The molecule has 1 aromatic rings. The molecule has 0 saturated carbocycles. The van der Waals surface area contributed by atoms with Crippen LogP contribution in [0.5, 0.6) is 0 Å². The second kappa shape index (κ2) is 6.69. The molecule has 2 nitrogen and oxygen atoms in total. The smallest absolute Gasteiger partial charge is 0.230 e. The van der Waals surface area contributed by atoms with E-state index in [4.69, 9.17) is 0 Å². The Morgan fingerprint density at radius 3 is 3.20 bits per heavy atom. The maximum absolute atomic E-state index is 11.3. The van der Waals surface area contributed by atoms with Crippen molar-refractivity contribution in [1.82, 2.24) is 5.32 Å². The van der Waals surface area contributed by atoms with E-state index in [1.54, 1.807) is 29.2 Å². The molecule has 0 aliphatic carbocycles. The summed E-state index contributed by atoms with van der Waals surface area (Å²) in [6.45, 7) is 6.22. The number of carbonyl (C=O) groups is 1. The number of carbonyl (C=O) groups excluding carboxylic acids is 1. The predicted octanol–water partition coefficient (Wildman–Crippen LogP) is 2.84. The molecule has 1 unspecified atom stereocenters. The third-order valence-corrected chi connectivity index (χ3v) is 4.24. The number of hydrogen-bond acceptors (Lipinski definition) is 3. The van der Waals surface area contributed by atoms with Gasteiger partial charge in [-0.25, -0.2) is 0 Å². The molecule has 0 fully saturated rings. The maximum atomic E-state index is 11.3. The number of nitrogens with one attached hydrogen (secondary N) is 1. The summed E-state index contributed by atoms with van der Waals surface area (Å²) in [4.78, 5) is 12.6. The molecule has 1 amide bonds. The minimum absolute atomic E-state index is 0.0725. The topological polar surface area (TPSA) is 29.1 Å². The zero-order chi connectivity index (χ0) is 11.1. The molecule has 0 aliphatic heterocycles. The number of hydrogen-bond donors (Lipinski definition) is 1. The van der Waals surface area contributed by atoms with Gasteiger partial charge in [0.05, 0.1) is 5.75 Å². The number of amides is 1. The Balaban J connectivity index is 2.25. The molecule has 4 heteroatoms. The Kier molecular flexibility index (Phi) is 5.50.